The fraction of sp³-hybridized carbons (Fsp3) is 1.00. The van der Waals surface area contributed by atoms with Gasteiger partial charge in [-0.3, -0.25) is 0 Å². The summed E-state index contributed by atoms with van der Waals surface area (Å²) in [6.07, 6.45) is 2.51. The van der Waals surface area contributed by atoms with E-state index in [0.29, 0.717) is 0 Å². The Hall–Kier alpha value is -0.0900. The summed E-state index contributed by atoms with van der Waals surface area (Å²) in [6, 6.07) is 0. The van der Waals surface area contributed by atoms with Crippen molar-refractivity contribution in [2.45, 2.75) is 43.1 Å². The Morgan fingerprint density at radius 1 is 1.42 bits per heavy atom. The molecule has 1 rings (SSSR count). The zero-order chi connectivity index (χ0) is 9.41. The first kappa shape index (κ1) is 9.99. The number of rotatable bonds is 3. The van der Waals surface area contributed by atoms with Crippen LogP contribution in [0.1, 0.15) is 33.1 Å². The highest BCUT2D eigenvalue weighted by atomic mass is 32.2. The monoisotopic (exact) mass is 191 g/mol. The highest BCUT2D eigenvalue weighted by Gasteiger charge is 2.48. The molecule has 0 aromatic heterocycles. The maximum atomic E-state index is 11.8. The number of hydrogen-bond donors (Lipinski definition) is 1. The van der Waals surface area contributed by atoms with Crippen molar-refractivity contribution in [3.63, 3.8) is 0 Å². The van der Waals surface area contributed by atoms with Crippen LogP contribution in [0.15, 0.2) is 0 Å². The van der Waals surface area contributed by atoms with Crippen molar-refractivity contribution in [1.82, 2.24) is 0 Å². The van der Waals surface area contributed by atoms with E-state index in [4.69, 9.17) is 5.73 Å². The van der Waals surface area contributed by atoms with Gasteiger partial charge < -0.3 is 5.73 Å². The lowest BCUT2D eigenvalue weighted by Gasteiger charge is -2.41. The third-order valence-corrected chi connectivity index (χ3v) is 5.88. The highest BCUT2D eigenvalue weighted by Crippen LogP contribution is 2.40. The predicted octanol–water partition coefficient (Wildman–Crippen LogP) is 0.691. The van der Waals surface area contributed by atoms with E-state index in [1.807, 2.05) is 0 Å². The van der Waals surface area contributed by atoms with E-state index >= 15 is 0 Å². The molecule has 0 saturated heterocycles. The van der Waals surface area contributed by atoms with Crippen molar-refractivity contribution in [3.8, 4) is 0 Å². The molecule has 72 valence electrons. The van der Waals surface area contributed by atoms with E-state index in [0.717, 1.165) is 19.3 Å². The first-order valence-corrected chi connectivity index (χ1v) is 5.94. The molecule has 4 heteroatoms. The summed E-state index contributed by atoms with van der Waals surface area (Å²) in [5.41, 5.74) is 5.51. The summed E-state index contributed by atoms with van der Waals surface area (Å²) in [6.45, 7) is 3.74. The van der Waals surface area contributed by atoms with Gasteiger partial charge in [0.1, 0.15) is 0 Å². The molecule has 3 nitrogen and oxygen atoms in total. The standard InChI is InChI=1S/C8H17NO2S/c1-7(2)12(10,11)8(6-9)4-3-5-8/h7H,3-6,9H2,1-2H3. The van der Waals surface area contributed by atoms with Crippen LogP contribution in [0.3, 0.4) is 0 Å². The maximum absolute atomic E-state index is 11.8. The van der Waals surface area contributed by atoms with Crippen LogP contribution in [0.5, 0.6) is 0 Å². The number of sulfone groups is 1. The second-order valence-corrected chi connectivity index (χ2v) is 6.73. The molecule has 0 unspecified atom stereocenters. The minimum absolute atomic E-state index is 0.285. The predicted molar refractivity (Wildman–Crippen MR) is 49.7 cm³/mol. The first-order chi connectivity index (χ1) is 5.46. The van der Waals surface area contributed by atoms with Gasteiger partial charge in [0.25, 0.3) is 0 Å². The van der Waals surface area contributed by atoms with E-state index in [-0.39, 0.29) is 11.8 Å². The van der Waals surface area contributed by atoms with Crippen molar-refractivity contribution < 1.29 is 8.42 Å². The van der Waals surface area contributed by atoms with Crippen molar-refractivity contribution in [1.29, 1.82) is 0 Å². The third-order valence-electron chi connectivity index (χ3n) is 2.86. The van der Waals surface area contributed by atoms with E-state index in [2.05, 4.69) is 0 Å². The van der Waals surface area contributed by atoms with Gasteiger partial charge in [0.15, 0.2) is 9.84 Å². The zero-order valence-corrected chi connectivity index (χ0v) is 8.52. The zero-order valence-electron chi connectivity index (χ0n) is 7.71. The Balaban J connectivity index is 2.93. The molecule has 0 bridgehead atoms. The third kappa shape index (κ3) is 1.17. The van der Waals surface area contributed by atoms with E-state index in [9.17, 15) is 8.42 Å². The summed E-state index contributed by atoms with van der Waals surface area (Å²) in [5, 5.41) is -0.290. The van der Waals surface area contributed by atoms with E-state index in [1.165, 1.54) is 0 Å². The molecule has 1 saturated carbocycles. The molecular formula is C8H17NO2S. The summed E-state index contributed by atoms with van der Waals surface area (Å²) >= 11 is 0. The van der Waals surface area contributed by atoms with Crippen molar-refractivity contribution >= 4 is 9.84 Å². The summed E-state index contributed by atoms with van der Waals surface area (Å²) in [7, 11) is -2.98. The Morgan fingerprint density at radius 3 is 2.00 bits per heavy atom. The second-order valence-electron chi connectivity index (χ2n) is 3.83. The van der Waals surface area contributed by atoms with Crippen LogP contribution in [0.4, 0.5) is 0 Å². The highest BCUT2D eigenvalue weighted by molar-refractivity contribution is 7.93. The molecular weight excluding hydrogens is 174 g/mol. The van der Waals surface area contributed by atoms with Crippen LogP contribution in [-0.4, -0.2) is 25.0 Å². The lowest BCUT2D eigenvalue weighted by atomic mass is 9.84. The summed E-state index contributed by atoms with van der Waals surface area (Å²) in [5.74, 6) is 0. The molecule has 0 heterocycles. The Labute approximate surface area is 74.3 Å². The van der Waals surface area contributed by atoms with Crippen molar-refractivity contribution in [2.24, 2.45) is 5.73 Å². The molecule has 0 amide bonds. The van der Waals surface area contributed by atoms with Gasteiger partial charge in [-0.15, -0.1) is 0 Å². The lowest BCUT2D eigenvalue weighted by molar-refractivity contribution is 0.342. The molecule has 1 aliphatic carbocycles. The molecule has 0 aromatic carbocycles. The van der Waals surface area contributed by atoms with Gasteiger partial charge in [0.05, 0.1) is 10.00 Å². The van der Waals surface area contributed by atoms with Crippen LogP contribution < -0.4 is 5.73 Å². The van der Waals surface area contributed by atoms with Crippen LogP contribution in [0.2, 0.25) is 0 Å². The fourth-order valence-corrected chi connectivity index (χ4v) is 3.77. The van der Waals surface area contributed by atoms with Gasteiger partial charge in [-0.1, -0.05) is 6.42 Å². The first-order valence-electron chi connectivity index (χ1n) is 4.40. The van der Waals surface area contributed by atoms with Gasteiger partial charge in [-0.2, -0.15) is 0 Å². The normalized spacial score (nSPS) is 22.3. The second kappa shape index (κ2) is 3.00. The van der Waals surface area contributed by atoms with E-state index < -0.39 is 14.6 Å². The quantitative estimate of drug-likeness (QED) is 0.714. The van der Waals surface area contributed by atoms with Crippen LogP contribution in [0, 0.1) is 0 Å². The van der Waals surface area contributed by atoms with Crippen LogP contribution in [-0.2, 0) is 9.84 Å². The Kier molecular flexibility index (Phi) is 2.50. The number of nitrogens with two attached hydrogens (primary N) is 1. The molecule has 0 atom stereocenters. The minimum atomic E-state index is -2.98. The average Bonchev–Trinajstić information content (AvgIpc) is 1.85. The van der Waals surface area contributed by atoms with Gasteiger partial charge >= 0.3 is 0 Å². The molecule has 0 aliphatic heterocycles. The van der Waals surface area contributed by atoms with Crippen molar-refractivity contribution in [2.75, 3.05) is 6.54 Å². The maximum Gasteiger partial charge on any atom is 0.159 e. The molecule has 0 aromatic rings. The SMILES string of the molecule is CC(C)S(=O)(=O)C1(CN)CCC1. The summed E-state index contributed by atoms with van der Waals surface area (Å²) in [4.78, 5) is 0. The van der Waals surface area contributed by atoms with Crippen LogP contribution >= 0.6 is 0 Å². The minimum Gasteiger partial charge on any atom is -0.329 e. The van der Waals surface area contributed by atoms with Gasteiger partial charge in [-0.05, 0) is 26.7 Å². The Morgan fingerprint density at radius 2 is 1.92 bits per heavy atom. The fourth-order valence-electron chi connectivity index (χ4n) is 1.68. The molecule has 1 aliphatic rings. The molecule has 2 N–H and O–H groups in total. The average molecular weight is 191 g/mol. The largest absolute Gasteiger partial charge is 0.329 e. The molecule has 1 fully saturated rings. The van der Waals surface area contributed by atoms with Gasteiger partial charge in [-0.25, -0.2) is 8.42 Å². The van der Waals surface area contributed by atoms with E-state index in [1.54, 1.807) is 13.8 Å². The molecule has 0 spiro atoms. The van der Waals surface area contributed by atoms with Crippen molar-refractivity contribution in [3.05, 3.63) is 0 Å². The van der Waals surface area contributed by atoms with Crippen LogP contribution in [0.25, 0.3) is 0 Å². The number of hydrogen-bond acceptors (Lipinski definition) is 3. The Bertz CT molecular complexity index is 247. The van der Waals surface area contributed by atoms with Gasteiger partial charge in [0, 0.05) is 6.54 Å². The summed E-state index contributed by atoms with van der Waals surface area (Å²) < 4.78 is 23.0. The van der Waals surface area contributed by atoms with Gasteiger partial charge in [0.2, 0.25) is 0 Å². The molecule has 12 heavy (non-hydrogen) atoms. The smallest absolute Gasteiger partial charge is 0.159 e. The lowest BCUT2D eigenvalue weighted by Crippen LogP contribution is -2.53. The molecule has 0 radical (unpaired) electrons. The topological polar surface area (TPSA) is 60.2 Å².